The van der Waals surface area contributed by atoms with Crippen LogP contribution in [0.3, 0.4) is 0 Å². The van der Waals surface area contributed by atoms with Gasteiger partial charge in [0.1, 0.15) is 5.75 Å². The zero-order valence-electron chi connectivity index (χ0n) is 11.3. The Bertz CT molecular complexity index is 361. The lowest BCUT2D eigenvalue weighted by Gasteiger charge is -2.25. The molecule has 0 spiro atoms. The van der Waals surface area contributed by atoms with Gasteiger partial charge in [0.25, 0.3) is 0 Å². The number of ether oxygens (including phenoxy) is 2. The maximum absolute atomic E-state index is 5.73. The van der Waals surface area contributed by atoms with Gasteiger partial charge < -0.3 is 14.8 Å². The monoisotopic (exact) mass is 249 g/mol. The third-order valence-electron chi connectivity index (χ3n) is 3.53. The van der Waals surface area contributed by atoms with Crippen molar-refractivity contribution in [2.24, 2.45) is 0 Å². The molecule has 0 radical (unpaired) electrons. The van der Waals surface area contributed by atoms with E-state index in [0.29, 0.717) is 6.10 Å². The molecule has 1 fully saturated rings. The fourth-order valence-electron chi connectivity index (χ4n) is 2.41. The Labute approximate surface area is 109 Å². The highest BCUT2D eigenvalue weighted by Crippen LogP contribution is 2.24. The topological polar surface area (TPSA) is 30.5 Å². The minimum Gasteiger partial charge on any atom is -0.496 e. The quantitative estimate of drug-likeness (QED) is 0.870. The van der Waals surface area contributed by atoms with Crippen LogP contribution in [0, 0.1) is 0 Å². The summed E-state index contributed by atoms with van der Waals surface area (Å²) in [6, 6.07) is 8.45. The lowest BCUT2D eigenvalue weighted by molar-refractivity contribution is 0.0156. The number of nitrogens with one attached hydrogen (secondary N) is 1. The largest absolute Gasteiger partial charge is 0.496 e. The second-order valence-electron chi connectivity index (χ2n) is 4.86. The molecular formula is C15H23NO2. The van der Waals surface area contributed by atoms with Crippen LogP contribution in [0.1, 0.15) is 37.8 Å². The second kappa shape index (κ2) is 6.76. The highest BCUT2D eigenvalue weighted by molar-refractivity contribution is 5.35. The molecular weight excluding hydrogens is 226 g/mol. The first-order chi connectivity index (χ1) is 8.81. The third-order valence-corrected chi connectivity index (χ3v) is 3.53. The van der Waals surface area contributed by atoms with Gasteiger partial charge in [0, 0.05) is 24.8 Å². The van der Waals surface area contributed by atoms with E-state index in [4.69, 9.17) is 9.47 Å². The summed E-state index contributed by atoms with van der Waals surface area (Å²) >= 11 is 0. The van der Waals surface area contributed by atoms with Gasteiger partial charge in [-0.2, -0.15) is 0 Å². The molecule has 18 heavy (non-hydrogen) atoms. The van der Waals surface area contributed by atoms with Gasteiger partial charge in [-0.25, -0.2) is 0 Å². The van der Waals surface area contributed by atoms with Gasteiger partial charge in [0.05, 0.1) is 13.2 Å². The lowest BCUT2D eigenvalue weighted by atomic mass is 10.1. The Hall–Kier alpha value is -1.06. The second-order valence-corrected chi connectivity index (χ2v) is 4.86. The van der Waals surface area contributed by atoms with Gasteiger partial charge in [-0.15, -0.1) is 0 Å². The summed E-state index contributed by atoms with van der Waals surface area (Å²) in [6.45, 7) is 4.00. The van der Waals surface area contributed by atoms with Crippen molar-refractivity contribution < 1.29 is 9.47 Å². The van der Waals surface area contributed by atoms with Crippen LogP contribution in [0.4, 0.5) is 0 Å². The van der Waals surface area contributed by atoms with Crippen LogP contribution in [-0.4, -0.2) is 26.4 Å². The van der Waals surface area contributed by atoms with Crippen LogP contribution in [0.15, 0.2) is 24.3 Å². The van der Waals surface area contributed by atoms with Gasteiger partial charge in [0.2, 0.25) is 0 Å². The molecule has 1 N–H and O–H groups in total. The maximum Gasteiger partial charge on any atom is 0.123 e. The van der Waals surface area contributed by atoms with Gasteiger partial charge in [0.15, 0.2) is 0 Å². The first-order valence-electron chi connectivity index (χ1n) is 6.79. The lowest BCUT2D eigenvalue weighted by Crippen LogP contribution is -2.33. The average Bonchev–Trinajstić information content (AvgIpc) is 2.45. The van der Waals surface area contributed by atoms with Gasteiger partial charge in [-0.3, -0.25) is 0 Å². The fraction of sp³-hybridized carbons (Fsp3) is 0.600. The summed E-state index contributed by atoms with van der Waals surface area (Å²) in [4.78, 5) is 0. The molecule has 1 saturated heterocycles. The van der Waals surface area contributed by atoms with Gasteiger partial charge >= 0.3 is 0 Å². The van der Waals surface area contributed by atoms with Crippen molar-refractivity contribution in [3.05, 3.63) is 29.8 Å². The normalized spacial score (nSPS) is 21.6. The molecule has 2 rings (SSSR count). The van der Waals surface area contributed by atoms with E-state index in [1.54, 1.807) is 7.11 Å². The van der Waals surface area contributed by atoms with Crippen molar-refractivity contribution in [1.82, 2.24) is 5.32 Å². The highest BCUT2D eigenvalue weighted by Gasteiger charge is 2.16. The predicted octanol–water partition coefficient (Wildman–Crippen LogP) is 2.91. The number of para-hydroxylation sites is 1. The summed E-state index contributed by atoms with van der Waals surface area (Å²) in [5.74, 6) is 0.946. The number of benzene rings is 1. The Balaban J connectivity index is 1.88. The molecule has 1 aromatic carbocycles. The van der Waals surface area contributed by atoms with Gasteiger partial charge in [-0.05, 0) is 32.3 Å². The fourth-order valence-corrected chi connectivity index (χ4v) is 2.41. The first kappa shape index (κ1) is 13.4. The Kier molecular flexibility index (Phi) is 5.02. The summed E-state index contributed by atoms with van der Waals surface area (Å²) < 4.78 is 11.1. The van der Waals surface area contributed by atoms with Crippen molar-refractivity contribution in [1.29, 1.82) is 0 Å². The zero-order valence-corrected chi connectivity index (χ0v) is 11.3. The van der Waals surface area contributed by atoms with Crippen LogP contribution in [-0.2, 0) is 4.74 Å². The third kappa shape index (κ3) is 3.47. The van der Waals surface area contributed by atoms with E-state index in [9.17, 15) is 0 Å². The zero-order chi connectivity index (χ0) is 12.8. The van der Waals surface area contributed by atoms with E-state index >= 15 is 0 Å². The molecule has 1 unspecified atom stereocenters. The van der Waals surface area contributed by atoms with E-state index in [2.05, 4.69) is 18.3 Å². The van der Waals surface area contributed by atoms with E-state index in [-0.39, 0.29) is 6.04 Å². The minimum absolute atomic E-state index is 0.284. The van der Waals surface area contributed by atoms with Crippen molar-refractivity contribution in [2.75, 3.05) is 20.3 Å². The Morgan fingerprint density at radius 1 is 1.39 bits per heavy atom. The van der Waals surface area contributed by atoms with Gasteiger partial charge in [-0.1, -0.05) is 18.2 Å². The van der Waals surface area contributed by atoms with Crippen LogP contribution in [0.2, 0.25) is 0 Å². The van der Waals surface area contributed by atoms with E-state index < -0.39 is 0 Å². The molecule has 0 amide bonds. The molecule has 1 heterocycles. The Morgan fingerprint density at radius 3 is 2.94 bits per heavy atom. The molecule has 0 aliphatic carbocycles. The number of hydrogen-bond acceptors (Lipinski definition) is 3. The molecule has 1 aromatic rings. The molecule has 100 valence electrons. The van der Waals surface area contributed by atoms with Crippen molar-refractivity contribution in [3.8, 4) is 5.75 Å². The van der Waals surface area contributed by atoms with E-state index in [0.717, 1.165) is 18.9 Å². The number of methoxy groups -OCH3 is 1. The average molecular weight is 249 g/mol. The Morgan fingerprint density at radius 2 is 2.22 bits per heavy atom. The minimum atomic E-state index is 0.284. The van der Waals surface area contributed by atoms with Crippen LogP contribution in [0.25, 0.3) is 0 Å². The van der Waals surface area contributed by atoms with E-state index in [1.807, 2.05) is 18.2 Å². The molecule has 1 aliphatic rings. The summed E-state index contributed by atoms with van der Waals surface area (Å²) in [5.41, 5.74) is 1.20. The van der Waals surface area contributed by atoms with Crippen molar-refractivity contribution >= 4 is 0 Å². The molecule has 0 bridgehead atoms. The maximum atomic E-state index is 5.73. The molecule has 3 heteroatoms. The van der Waals surface area contributed by atoms with E-state index in [1.165, 1.54) is 24.8 Å². The first-order valence-corrected chi connectivity index (χ1v) is 6.79. The summed E-state index contributed by atoms with van der Waals surface area (Å²) in [7, 11) is 1.72. The molecule has 2 atom stereocenters. The van der Waals surface area contributed by atoms with Crippen LogP contribution >= 0.6 is 0 Å². The smallest absolute Gasteiger partial charge is 0.123 e. The van der Waals surface area contributed by atoms with Crippen molar-refractivity contribution in [2.45, 2.75) is 38.3 Å². The van der Waals surface area contributed by atoms with Crippen molar-refractivity contribution in [3.63, 3.8) is 0 Å². The highest BCUT2D eigenvalue weighted by atomic mass is 16.5. The number of rotatable bonds is 5. The summed E-state index contributed by atoms with van der Waals surface area (Å²) in [5, 5.41) is 3.54. The van der Waals surface area contributed by atoms with Crippen LogP contribution < -0.4 is 10.1 Å². The molecule has 3 nitrogen and oxygen atoms in total. The SMILES string of the molecule is COc1ccccc1[C@@H](C)NCC1CCCCO1. The number of hydrogen-bond donors (Lipinski definition) is 1. The standard InChI is InChI=1S/C15H23NO2/c1-12(14-8-3-4-9-15(14)17-2)16-11-13-7-5-6-10-18-13/h3-4,8-9,12-13,16H,5-7,10-11H2,1-2H3/t12-,13?/m1/s1. The molecule has 0 saturated carbocycles. The van der Waals surface area contributed by atoms with Crippen LogP contribution in [0.5, 0.6) is 5.75 Å². The molecule has 0 aromatic heterocycles. The predicted molar refractivity (Wildman–Crippen MR) is 73.0 cm³/mol. The summed E-state index contributed by atoms with van der Waals surface area (Å²) in [6.07, 6.45) is 4.04. The molecule has 1 aliphatic heterocycles.